The minimum atomic E-state index is 0.693. The van der Waals surface area contributed by atoms with Gasteiger partial charge in [-0.15, -0.1) is 0 Å². The highest BCUT2D eigenvalue weighted by Crippen LogP contribution is 2.29. The molecule has 20 heavy (non-hydrogen) atoms. The van der Waals surface area contributed by atoms with Crippen LogP contribution in [-0.4, -0.2) is 18.6 Å². The SMILES string of the molecule is CNCCCc1ncc(-c2cc3cc(C)ccc3o2)o1. The summed E-state index contributed by atoms with van der Waals surface area (Å²) in [5, 5.41) is 4.20. The number of hydrogen-bond acceptors (Lipinski definition) is 4. The van der Waals surface area contributed by atoms with Crippen LogP contribution in [0.2, 0.25) is 0 Å². The molecule has 4 heteroatoms. The van der Waals surface area contributed by atoms with E-state index in [1.807, 2.05) is 25.2 Å². The van der Waals surface area contributed by atoms with Crippen LogP contribution < -0.4 is 5.32 Å². The minimum absolute atomic E-state index is 0.693. The predicted octanol–water partition coefficient (Wildman–Crippen LogP) is 3.55. The van der Waals surface area contributed by atoms with Crippen LogP contribution in [0.3, 0.4) is 0 Å². The number of rotatable bonds is 5. The molecule has 2 heterocycles. The van der Waals surface area contributed by atoms with E-state index in [2.05, 4.69) is 23.3 Å². The first kappa shape index (κ1) is 12.9. The fraction of sp³-hybridized carbons (Fsp3) is 0.312. The van der Waals surface area contributed by atoms with E-state index in [9.17, 15) is 0 Å². The first-order valence-corrected chi connectivity index (χ1v) is 6.86. The molecule has 1 N–H and O–H groups in total. The number of nitrogens with one attached hydrogen (secondary N) is 1. The Hall–Kier alpha value is -2.07. The fourth-order valence-corrected chi connectivity index (χ4v) is 2.24. The van der Waals surface area contributed by atoms with Crippen LogP contribution >= 0.6 is 0 Å². The normalized spacial score (nSPS) is 11.3. The van der Waals surface area contributed by atoms with Crippen LogP contribution in [-0.2, 0) is 6.42 Å². The largest absolute Gasteiger partial charge is 0.453 e. The smallest absolute Gasteiger partial charge is 0.195 e. The van der Waals surface area contributed by atoms with E-state index in [1.165, 1.54) is 5.56 Å². The molecule has 1 aromatic carbocycles. The Morgan fingerprint density at radius 2 is 2.05 bits per heavy atom. The molecule has 0 radical (unpaired) electrons. The number of benzene rings is 1. The standard InChI is InChI=1S/C16H18N2O2/c1-11-5-6-13-12(8-11)9-14(19-13)15-10-18-16(20-15)4-3-7-17-2/h5-6,8-10,17H,3-4,7H2,1-2H3. The molecule has 0 atom stereocenters. The van der Waals surface area contributed by atoms with Gasteiger partial charge >= 0.3 is 0 Å². The number of furan rings is 1. The lowest BCUT2D eigenvalue weighted by Crippen LogP contribution is -2.08. The zero-order valence-corrected chi connectivity index (χ0v) is 11.8. The van der Waals surface area contributed by atoms with Crippen LogP contribution in [0.5, 0.6) is 0 Å². The summed E-state index contributed by atoms with van der Waals surface area (Å²) in [4.78, 5) is 4.30. The topological polar surface area (TPSA) is 51.2 Å². The van der Waals surface area contributed by atoms with Crippen molar-refractivity contribution in [3.63, 3.8) is 0 Å². The summed E-state index contributed by atoms with van der Waals surface area (Å²) in [5.74, 6) is 2.18. The second-order valence-corrected chi connectivity index (χ2v) is 4.98. The van der Waals surface area contributed by atoms with Gasteiger partial charge in [0.1, 0.15) is 5.58 Å². The average Bonchev–Trinajstić information content (AvgIpc) is 3.04. The third kappa shape index (κ3) is 2.60. The summed E-state index contributed by atoms with van der Waals surface area (Å²) >= 11 is 0. The van der Waals surface area contributed by atoms with Gasteiger partial charge in [-0.1, -0.05) is 11.6 Å². The molecule has 0 saturated heterocycles. The van der Waals surface area contributed by atoms with E-state index in [-0.39, 0.29) is 0 Å². The molecule has 0 amide bonds. The number of hydrogen-bond donors (Lipinski definition) is 1. The Morgan fingerprint density at radius 3 is 2.90 bits per heavy atom. The van der Waals surface area contributed by atoms with Gasteiger partial charge < -0.3 is 14.2 Å². The molecule has 3 rings (SSSR count). The summed E-state index contributed by atoms with van der Waals surface area (Å²) in [7, 11) is 1.94. The lowest BCUT2D eigenvalue weighted by Gasteiger charge is -1.95. The molecule has 0 fully saturated rings. The van der Waals surface area contributed by atoms with Crippen LogP contribution in [0.1, 0.15) is 17.9 Å². The van der Waals surface area contributed by atoms with Gasteiger partial charge in [0.15, 0.2) is 17.4 Å². The summed E-state index contributed by atoms with van der Waals surface area (Å²) in [6, 6.07) is 8.13. The Labute approximate surface area is 117 Å². The molecule has 0 saturated carbocycles. The number of aryl methyl sites for hydroxylation is 2. The lowest BCUT2D eigenvalue weighted by atomic mass is 10.2. The Kier molecular flexibility index (Phi) is 3.56. The first-order chi connectivity index (χ1) is 9.76. The van der Waals surface area contributed by atoms with Gasteiger partial charge in [-0.3, -0.25) is 0 Å². The van der Waals surface area contributed by atoms with E-state index in [0.717, 1.165) is 42.0 Å². The highest BCUT2D eigenvalue weighted by Gasteiger charge is 2.11. The zero-order chi connectivity index (χ0) is 13.9. The molecule has 0 aliphatic heterocycles. The molecule has 104 valence electrons. The predicted molar refractivity (Wildman–Crippen MR) is 78.7 cm³/mol. The van der Waals surface area contributed by atoms with Crippen molar-refractivity contribution in [2.24, 2.45) is 0 Å². The van der Waals surface area contributed by atoms with E-state index in [4.69, 9.17) is 8.83 Å². The van der Waals surface area contributed by atoms with Gasteiger partial charge in [0, 0.05) is 11.8 Å². The highest BCUT2D eigenvalue weighted by molar-refractivity contribution is 5.82. The van der Waals surface area contributed by atoms with Gasteiger partial charge in [-0.2, -0.15) is 0 Å². The molecule has 2 aromatic heterocycles. The molecular formula is C16H18N2O2. The van der Waals surface area contributed by atoms with Crippen molar-refractivity contribution in [3.05, 3.63) is 41.9 Å². The van der Waals surface area contributed by atoms with E-state index in [1.54, 1.807) is 6.20 Å². The average molecular weight is 270 g/mol. The number of fused-ring (bicyclic) bond motifs is 1. The Bertz CT molecular complexity index is 712. The number of aromatic nitrogens is 1. The fourth-order valence-electron chi connectivity index (χ4n) is 2.24. The molecule has 3 aromatic rings. The Morgan fingerprint density at radius 1 is 1.15 bits per heavy atom. The summed E-state index contributed by atoms with van der Waals surface area (Å²) < 4.78 is 11.5. The third-order valence-electron chi connectivity index (χ3n) is 3.29. The number of nitrogens with zero attached hydrogens (tertiary/aromatic N) is 1. The van der Waals surface area contributed by atoms with Gasteiger partial charge in [0.05, 0.1) is 6.20 Å². The number of oxazole rings is 1. The van der Waals surface area contributed by atoms with Crippen molar-refractivity contribution in [2.75, 3.05) is 13.6 Å². The van der Waals surface area contributed by atoms with Crippen LogP contribution in [0.25, 0.3) is 22.5 Å². The van der Waals surface area contributed by atoms with Crippen LogP contribution in [0, 0.1) is 6.92 Å². The molecule has 0 aliphatic carbocycles. The summed E-state index contributed by atoms with van der Waals surface area (Å²) in [6.45, 7) is 3.03. The minimum Gasteiger partial charge on any atom is -0.453 e. The van der Waals surface area contributed by atoms with Gasteiger partial charge in [0.2, 0.25) is 0 Å². The molecule has 0 unspecified atom stereocenters. The highest BCUT2D eigenvalue weighted by atomic mass is 16.4. The van der Waals surface area contributed by atoms with Crippen molar-refractivity contribution in [1.82, 2.24) is 10.3 Å². The Balaban J connectivity index is 1.83. The molecule has 4 nitrogen and oxygen atoms in total. The van der Waals surface area contributed by atoms with Crippen LogP contribution in [0.4, 0.5) is 0 Å². The lowest BCUT2D eigenvalue weighted by molar-refractivity contribution is 0.480. The maximum atomic E-state index is 5.80. The summed E-state index contributed by atoms with van der Waals surface area (Å²) in [6.07, 6.45) is 3.58. The van der Waals surface area contributed by atoms with E-state index in [0.29, 0.717) is 5.76 Å². The van der Waals surface area contributed by atoms with Gasteiger partial charge in [-0.25, -0.2) is 4.98 Å². The zero-order valence-electron chi connectivity index (χ0n) is 11.8. The van der Waals surface area contributed by atoms with Crippen molar-refractivity contribution < 1.29 is 8.83 Å². The molecule has 0 spiro atoms. The monoisotopic (exact) mass is 270 g/mol. The van der Waals surface area contributed by atoms with Crippen molar-refractivity contribution in [3.8, 4) is 11.5 Å². The maximum absolute atomic E-state index is 5.80. The van der Waals surface area contributed by atoms with Gasteiger partial charge in [0.25, 0.3) is 0 Å². The quantitative estimate of drug-likeness (QED) is 0.720. The molecular weight excluding hydrogens is 252 g/mol. The van der Waals surface area contributed by atoms with Crippen molar-refractivity contribution >= 4 is 11.0 Å². The van der Waals surface area contributed by atoms with E-state index >= 15 is 0 Å². The van der Waals surface area contributed by atoms with Gasteiger partial charge in [-0.05, 0) is 45.1 Å². The second kappa shape index (κ2) is 5.51. The van der Waals surface area contributed by atoms with Crippen LogP contribution in [0.15, 0.2) is 39.3 Å². The van der Waals surface area contributed by atoms with Crippen molar-refractivity contribution in [2.45, 2.75) is 19.8 Å². The third-order valence-corrected chi connectivity index (χ3v) is 3.29. The first-order valence-electron chi connectivity index (χ1n) is 6.86. The summed E-state index contributed by atoms with van der Waals surface area (Å²) in [5.41, 5.74) is 2.09. The molecule has 0 bridgehead atoms. The van der Waals surface area contributed by atoms with Crippen molar-refractivity contribution in [1.29, 1.82) is 0 Å². The maximum Gasteiger partial charge on any atom is 0.195 e. The van der Waals surface area contributed by atoms with E-state index < -0.39 is 0 Å². The second-order valence-electron chi connectivity index (χ2n) is 4.98. The molecule has 0 aliphatic rings.